The Morgan fingerprint density at radius 3 is 2.79 bits per heavy atom. The number of fused-ring (bicyclic) bond motifs is 2. The van der Waals surface area contributed by atoms with Crippen molar-refractivity contribution in [2.45, 2.75) is 32.1 Å². The minimum Gasteiger partial charge on any atom is -0.494 e. The summed E-state index contributed by atoms with van der Waals surface area (Å²) in [5, 5.41) is 0.791. The number of nitrogens with two attached hydrogens (primary N) is 1. The normalized spacial score (nSPS) is 15.1. The highest BCUT2D eigenvalue weighted by Gasteiger charge is 2.17. The summed E-state index contributed by atoms with van der Waals surface area (Å²) in [7, 11) is 1.46. The van der Waals surface area contributed by atoms with Crippen LogP contribution in [0.15, 0.2) is 12.1 Å². The van der Waals surface area contributed by atoms with E-state index >= 15 is 0 Å². The van der Waals surface area contributed by atoms with Crippen molar-refractivity contribution < 1.29 is 9.13 Å². The molecule has 1 heterocycles. The predicted octanol–water partition coefficient (Wildman–Crippen LogP) is 3.23. The maximum Gasteiger partial charge on any atom is 0.167 e. The minimum atomic E-state index is -0.393. The molecule has 1 aliphatic rings. The SMILES string of the molecule is COc1cc2c(N)c3c(nc2cc1F)CCCCC3. The lowest BCUT2D eigenvalue weighted by Crippen LogP contribution is -2.03. The van der Waals surface area contributed by atoms with Crippen LogP contribution in [0.1, 0.15) is 30.5 Å². The number of halogens is 1. The second-order valence-electron chi connectivity index (χ2n) is 5.02. The average Bonchev–Trinajstić information content (AvgIpc) is 2.64. The summed E-state index contributed by atoms with van der Waals surface area (Å²) in [6.45, 7) is 0. The van der Waals surface area contributed by atoms with Crippen LogP contribution in [0.4, 0.5) is 10.1 Å². The van der Waals surface area contributed by atoms with Crippen LogP contribution < -0.4 is 10.5 Å². The number of benzene rings is 1. The van der Waals surface area contributed by atoms with E-state index in [1.54, 1.807) is 6.07 Å². The molecule has 0 saturated carbocycles. The van der Waals surface area contributed by atoms with E-state index in [1.807, 2.05) is 0 Å². The second-order valence-corrected chi connectivity index (χ2v) is 5.02. The van der Waals surface area contributed by atoms with Crippen LogP contribution in [0, 0.1) is 5.82 Å². The lowest BCUT2D eigenvalue weighted by molar-refractivity contribution is 0.387. The number of pyridine rings is 1. The van der Waals surface area contributed by atoms with E-state index in [9.17, 15) is 4.39 Å². The summed E-state index contributed by atoms with van der Waals surface area (Å²) in [5.41, 5.74) is 9.79. The van der Waals surface area contributed by atoms with E-state index < -0.39 is 5.82 Å². The Labute approximate surface area is 111 Å². The maximum atomic E-state index is 13.8. The van der Waals surface area contributed by atoms with E-state index in [-0.39, 0.29) is 5.75 Å². The topological polar surface area (TPSA) is 48.1 Å². The Bertz CT molecular complexity index is 640. The fourth-order valence-electron chi connectivity index (χ4n) is 2.80. The Morgan fingerprint density at radius 2 is 2.00 bits per heavy atom. The van der Waals surface area contributed by atoms with Crippen molar-refractivity contribution in [1.82, 2.24) is 4.98 Å². The van der Waals surface area contributed by atoms with Gasteiger partial charge in [0.25, 0.3) is 0 Å². The number of rotatable bonds is 1. The van der Waals surface area contributed by atoms with E-state index in [1.165, 1.54) is 19.6 Å². The first kappa shape index (κ1) is 12.2. The zero-order valence-electron chi connectivity index (χ0n) is 11.0. The number of nitrogen functional groups attached to an aromatic ring is 1. The van der Waals surface area contributed by atoms with Crippen molar-refractivity contribution in [3.63, 3.8) is 0 Å². The van der Waals surface area contributed by atoms with Crippen LogP contribution in [0.25, 0.3) is 10.9 Å². The third kappa shape index (κ3) is 2.01. The molecular formula is C15H17FN2O. The van der Waals surface area contributed by atoms with Crippen LogP contribution in [0.3, 0.4) is 0 Å². The molecule has 4 heteroatoms. The molecule has 0 amide bonds. The predicted molar refractivity (Wildman–Crippen MR) is 73.9 cm³/mol. The summed E-state index contributed by atoms with van der Waals surface area (Å²) in [5.74, 6) is -0.176. The van der Waals surface area contributed by atoms with E-state index in [0.717, 1.165) is 48.0 Å². The standard InChI is InChI=1S/C15H17FN2O/c1-19-14-7-10-13(8-11(14)16)18-12-6-4-2-3-5-9(12)15(10)17/h7-8H,2-6H2,1H3,(H2,17,18). The molecule has 1 aromatic heterocycles. The molecule has 0 fully saturated rings. The molecule has 0 atom stereocenters. The zero-order valence-corrected chi connectivity index (χ0v) is 11.0. The summed E-state index contributed by atoms with van der Waals surface area (Å²) < 4.78 is 18.8. The lowest BCUT2D eigenvalue weighted by Gasteiger charge is -2.13. The van der Waals surface area contributed by atoms with Crippen LogP contribution in [0.5, 0.6) is 5.75 Å². The van der Waals surface area contributed by atoms with Crippen molar-refractivity contribution in [3.8, 4) is 5.75 Å². The Morgan fingerprint density at radius 1 is 1.21 bits per heavy atom. The summed E-state index contributed by atoms with van der Waals surface area (Å²) >= 11 is 0. The number of hydrogen-bond acceptors (Lipinski definition) is 3. The van der Waals surface area contributed by atoms with Crippen molar-refractivity contribution in [2.24, 2.45) is 0 Å². The van der Waals surface area contributed by atoms with Crippen LogP contribution in [-0.4, -0.2) is 12.1 Å². The van der Waals surface area contributed by atoms with Crippen molar-refractivity contribution in [3.05, 3.63) is 29.2 Å². The molecular weight excluding hydrogens is 243 g/mol. The number of nitrogens with zero attached hydrogens (tertiary/aromatic N) is 1. The van der Waals surface area contributed by atoms with Gasteiger partial charge in [0.05, 0.1) is 12.6 Å². The van der Waals surface area contributed by atoms with Crippen LogP contribution in [0.2, 0.25) is 0 Å². The van der Waals surface area contributed by atoms with E-state index in [0.29, 0.717) is 5.52 Å². The molecule has 0 unspecified atom stereocenters. The van der Waals surface area contributed by atoms with Crippen molar-refractivity contribution in [2.75, 3.05) is 12.8 Å². The second kappa shape index (κ2) is 4.68. The average molecular weight is 260 g/mol. The van der Waals surface area contributed by atoms with Gasteiger partial charge in [0.2, 0.25) is 0 Å². The molecule has 19 heavy (non-hydrogen) atoms. The van der Waals surface area contributed by atoms with Gasteiger partial charge >= 0.3 is 0 Å². The highest BCUT2D eigenvalue weighted by Crippen LogP contribution is 2.33. The van der Waals surface area contributed by atoms with Gasteiger partial charge in [-0.05, 0) is 37.3 Å². The number of methoxy groups -OCH3 is 1. The number of aryl methyl sites for hydroxylation is 1. The monoisotopic (exact) mass is 260 g/mol. The number of anilines is 1. The molecule has 0 aliphatic heterocycles. The van der Waals surface area contributed by atoms with E-state index in [2.05, 4.69) is 4.98 Å². The zero-order chi connectivity index (χ0) is 13.4. The minimum absolute atomic E-state index is 0.217. The number of aromatic nitrogens is 1. The molecule has 100 valence electrons. The third-order valence-electron chi connectivity index (χ3n) is 3.83. The molecule has 2 N–H and O–H groups in total. The highest BCUT2D eigenvalue weighted by atomic mass is 19.1. The van der Waals surface area contributed by atoms with Gasteiger partial charge < -0.3 is 10.5 Å². The maximum absolute atomic E-state index is 13.8. The van der Waals surface area contributed by atoms with Gasteiger partial charge in [0.15, 0.2) is 11.6 Å². The molecule has 2 aromatic rings. The largest absolute Gasteiger partial charge is 0.494 e. The van der Waals surface area contributed by atoms with Crippen LogP contribution in [-0.2, 0) is 12.8 Å². The summed E-state index contributed by atoms with van der Waals surface area (Å²) in [6.07, 6.45) is 5.36. The fraction of sp³-hybridized carbons (Fsp3) is 0.400. The van der Waals surface area contributed by atoms with Gasteiger partial charge in [-0.3, -0.25) is 4.98 Å². The number of ether oxygens (including phenoxy) is 1. The molecule has 1 aromatic carbocycles. The molecule has 0 radical (unpaired) electrons. The van der Waals surface area contributed by atoms with Gasteiger partial charge in [0, 0.05) is 22.8 Å². The van der Waals surface area contributed by atoms with Crippen LogP contribution >= 0.6 is 0 Å². The Kier molecular flexibility index (Phi) is 3.01. The highest BCUT2D eigenvalue weighted by molar-refractivity contribution is 5.93. The van der Waals surface area contributed by atoms with Gasteiger partial charge in [0.1, 0.15) is 0 Å². The smallest absolute Gasteiger partial charge is 0.167 e. The van der Waals surface area contributed by atoms with Gasteiger partial charge in [-0.1, -0.05) is 6.42 Å². The van der Waals surface area contributed by atoms with Gasteiger partial charge in [-0.15, -0.1) is 0 Å². The molecule has 3 rings (SSSR count). The van der Waals surface area contributed by atoms with E-state index in [4.69, 9.17) is 10.5 Å². The lowest BCUT2D eigenvalue weighted by atomic mass is 10.0. The van der Waals surface area contributed by atoms with Crippen molar-refractivity contribution >= 4 is 16.6 Å². The molecule has 3 nitrogen and oxygen atoms in total. The fourth-order valence-corrected chi connectivity index (χ4v) is 2.80. The third-order valence-corrected chi connectivity index (χ3v) is 3.83. The van der Waals surface area contributed by atoms with Crippen molar-refractivity contribution in [1.29, 1.82) is 0 Å². The van der Waals surface area contributed by atoms with Gasteiger partial charge in [-0.2, -0.15) is 0 Å². The summed E-state index contributed by atoms with van der Waals surface area (Å²) in [4.78, 5) is 4.60. The first-order valence-electron chi connectivity index (χ1n) is 6.65. The Balaban J connectivity index is 2.28. The van der Waals surface area contributed by atoms with Gasteiger partial charge in [-0.25, -0.2) is 4.39 Å². The molecule has 0 spiro atoms. The Hall–Kier alpha value is -1.84. The molecule has 1 aliphatic carbocycles. The molecule has 0 saturated heterocycles. The quantitative estimate of drug-likeness (QED) is 0.801. The number of hydrogen-bond donors (Lipinski definition) is 1. The first-order valence-corrected chi connectivity index (χ1v) is 6.65. The molecule has 0 bridgehead atoms. The first-order chi connectivity index (χ1) is 9.20. The summed E-state index contributed by atoms with van der Waals surface area (Å²) in [6, 6.07) is 3.06.